The SMILES string of the molecule is CCOC(=O)C1ON2CCCC2C1C(=O)OCC. The van der Waals surface area contributed by atoms with Crippen LogP contribution in [0.1, 0.15) is 26.7 Å². The van der Waals surface area contributed by atoms with Crippen LogP contribution in [0.3, 0.4) is 0 Å². The van der Waals surface area contributed by atoms with E-state index < -0.39 is 18.0 Å². The lowest BCUT2D eigenvalue weighted by Crippen LogP contribution is -2.38. The van der Waals surface area contributed by atoms with Crippen LogP contribution in [0.4, 0.5) is 0 Å². The Bertz CT molecular complexity index is 332. The fourth-order valence-corrected chi connectivity index (χ4v) is 2.60. The zero-order valence-electron chi connectivity index (χ0n) is 10.8. The molecule has 0 aliphatic carbocycles. The Balaban J connectivity index is 2.12. The summed E-state index contributed by atoms with van der Waals surface area (Å²) in [4.78, 5) is 29.3. The number of ether oxygens (including phenoxy) is 2. The molecule has 6 nitrogen and oxygen atoms in total. The first-order valence-corrected chi connectivity index (χ1v) is 6.45. The maximum absolute atomic E-state index is 12.0. The molecule has 0 aromatic carbocycles. The van der Waals surface area contributed by atoms with E-state index >= 15 is 0 Å². The number of fused-ring (bicyclic) bond motifs is 1. The van der Waals surface area contributed by atoms with Gasteiger partial charge in [-0.25, -0.2) is 4.79 Å². The molecule has 0 N–H and O–H groups in total. The van der Waals surface area contributed by atoms with Crippen molar-refractivity contribution in [1.82, 2.24) is 5.06 Å². The summed E-state index contributed by atoms with van der Waals surface area (Å²) in [6.07, 6.45) is 0.962. The number of hydrogen-bond acceptors (Lipinski definition) is 6. The summed E-state index contributed by atoms with van der Waals surface area (Å²) in [5.74, 6) is -1.42. The second-order valence-electron chi connectivity index (χ2n) is 4.41. The molecule has 2 saturated heterocycles. The van der Waals surface area contributed by atoms with Crippen LogP contribution >= 0.6 is 0 Å². The number of carbonyl (C=O) groups excluding carboxylic acids is 2. The normalized spacial score (nSPS) is 31.1. The van der Waals surface area contributed by atoms with Gasteiger partial charge in [0, 0.05) is 6.54 Å². The first-order chi connectivity index (χ1) is 8.69. The van der Waals surface area contributed by atoms with Gasteiger partial charge in [-0.2, -0.15) is 5.06 Å². The van der Waals surface area contributed by atoms with E-state index in [1.807, 2.05) is 0 Å². The Morgan fingerprint density at radius 1 is 1.22 bits per heavy atom. The molecule has 2 rings (SSSR count). The van der Waals surface area contributed by atoms with Crippen molar-refractivity contribution in [2.24, 2.45) is 5.92 Å². The van der Waals surface area contributed by atoms with E-state index in [0.717, 1.165) is 19.4 Å². The first-order valence-electron chi connectivity index (χ1n) is 6.45. The Labute approximate surface area is 106 Å². The van der Waals surface area contributed by atoms with Gasteiger partial charge in [-0.15, -0.1) is 0 Å². The third-order valence-corrected chi connectivity index (χ3v) is 3.32. The molecular weight excluding hydrogens is 238 g/mol. The highest BCUT2D eigenvalue weighted by molar-refractivity contribution is 5.85. The van der Waals surface area contributed by atoms with Gasteiger partial charge in [0.1, 0.15) is 5.92 Å². The second-order valence-corrected chi connectivity index (χ2v) is 4.41. The molecule has 0 aromatic rings. The van der Waals surface area contributed by atoms with E-state index in [9.17, 15) is 9.59 Å². The van der Waals surface area contributed by atoms with E-state index in [1.54, 1.807) is 18.9 Å². The lowest BCUT2D eigenvalue weighted by Gasteiger charge is -2.17. The van der Waals surface area contributed by atoms with Crippen molar-refractivity contribution in [3.8, 4) is 0 Å². The van der Waals surface area contributed by atoms with Gasteiger partial charge in [0.15, 0.2) is 6.10 Å². The van der Waals surface area contributed by atoms with Crippen LogP contribution in [0.2, 0.25) is 0 Å². The summed E-state index contributed by atoms with van der Waals surface area (Å²) in [5, 5.41) is 1.73. The fraction of sp³-hybridized carbons (Fsp3) is 0.833. The molecule has 18 heavy (non-hydrogen) atoms. The maximum atomic E-state index is 12.0. The third-order valence-electron chi connectivity index (χ3n) is 3.32. The van der Waals surface area contributed by atoms with Crippen LogP contribution in [0.5, 0.6) is 0 Å². The lowest BCUT2D eigenvalue weighted by atomic mass is 9.93. The summed E-state index contributed by atoms with van der Waals surface area (Å²) in [6.45, 7) is 4.81. The monoisotopic (exact) mass is 257 g/mol. The highest BCUT2D eigenvalue weighted by atomic mass is 16.7. The molecule has 102 valence electrons. The van der Waals surface area contributed by atoms with Gasteiger partial charge in [0.25, 0.3) is 0 Å². The van der Waals surface area contributed by atoms with Crippen LogP contribution < -0.4 is 0 Å². The van der Waals surface area contributed by atoms with Gasteiger partial charge in [-0.1, -0.05) is 0 Å². The Kier molecular flexibility index (Phi) is 4.19. The van der Waals surface area contributed by atoms with E-state index in [4.69, 9.17) is 14.3 Å². The van der Waals surface area contributed by atoms with E-state index in [0.29, 0.717) is 6.61 Å². The summed E-state index contributed by atoms with van der Waals surface area (Å²) in [6, 6.07) is -0.0570. The highest BCUT2D eigenvalue weighted by Crippen LogP contribution is 2.36. The number of hydrogen-bond donors (Lipinski definition) is 0. The van der Waals surface area contributed by atoms with Crippen molar-refractivity contribution in [3.63, 3.8) is 0 Å². The molecule has 2 aliphatic rings. The van der Waals surface area contributed by atoms with Crippen molar-refractivity contribution in [3.05, 3.63) is 0 Å². The number of hydroxylamine groups is 2. The molecule has 0 bridgehead atoms. The van der Waals surface area contributed by atoms with Crippen LogP contribution in [0, 0.1) is 5.92 Å². The van der Waals surface area contributed by atoms with Crippen molar-refractivity contribution < 1.29 is 23.9 Å². The smallest absolute Gasteiger partial charge is 0.338 e. The summed E-state index contributed by atoms with van der Waals surface area (Å²) in [7, 11) is 0. The minimum atomic E-state index is -0.853. The van der Waals surface area contributed by atoms with Crippen molar-refractivity contribution in [2.45, 2.75) is 38.8 Å². The minimum absolute atomic E-state index is 0.0570. The first kappa shape index (κ1) is 13.3. The molecule has 2 aliphatic heterocycles. The quantitative estimate of drug-likeness (QED) is 0.684. The van der Waals surface area contributed by atoms with Crippen molar-refractivity contribution in [2.75, 3.05) is 19.8 Å². The second kappa shape index (κ2) is 5.67. The molecule has 2 heterocycles. The van der Waals surface area contributed by atoms with Crippen LogP contribution in [-0.4, -0.2) is 48.9 Å². The number of esters is 2. The third kappa shape index (κ3) is 2.35. The van der Waals surface area contributed by atoms with Crippen LogP contribution in [0.15, 0.2) is 0 Å². The van der Waals surface area contributed by atoms with E-state index in [1.165, 1.54) is 0 Å². The van der Waals surface area contributed by atoms with E-state index in [-0.39, 0.29) is 18.6 Å². The van der Waals surface area contributed by atoms with E-state index in [2.05, 4.69) is 0 Å². The molecule has 0 radical (unpaired) electrons. The van der Waals surface area contributed by atoms with Gasteiger partial charge in [-0.3, -0.25) is 9.63 Å². The van der Waals surface area contributed by atoms with Crippen molar-refractivity contribution in [1.29, 1.82) is 0 Å². The zero-order valence-corrected chi connectivity index (χ0v) is 10.8. The molecule has 6 heteroatoms. The Morgan fingerprint density at radius 3 is 2.56 bits per heavy atom. The minimum Gasteiger partial charge on any atom is -0.466 e. The molecular formula is C12H19NO5. The summed E-state index contributed by atoms with van der Waals surface area (Å²) >= 11 is 0. The van der Waals surface area contributed by atoms with Gasteiger partial charge in [0.2, 0.25) is 0 Å². The summed E-state index contributed by atoms with van der Waals surface area (Å²) < 4.78 is 9.99. The zero-order chi connectivity index (χ0) is 13.1. The summed E-state index contributed by atoms with van der Waals surface area (Å²) in [5.41, 5.74) is 0. The van der Waals surface area contributed by atoms with Crippen LogP contribution in [0.25, 0.3) is 0 Å². The fourth-order valence-electron chi connectivity index (χ4n) is 2.60. The Morgan fingerprint density at radius 2 is 1.89 bits per heavy atom. The van der Waals surface area contributed by atoms with Crippen LogP contribution in [-0.2, 0) is 23.9 Å². The molecule has 0 saturated carbocycles. The molecule has 2 fully saturated rings. The van der Waals surface area contributed by atoms with Crippen molar-refractivity contribution >= 4 is 11.9 Å². The highest BCUT2D eigenvalue weighted by Gasteiger charge is 2.53. The standard InChI is InChI=1S/C12H19NO5/c1-3-16-11(14)9-8-6-5-7-13(8)18-10(9)12(15)17-4-2/h8-10H,3-7H2,1-2H3. The van der Waals surface area contributed by atoms with Gasteiger partial charge >= 0.3 is 11.9 Å². The predicted octanol–water partition coefficient (Wildman–Crippen LogP) is 0.507. The average molecular weight is 257 g/mol. The van der Waals surface area contributed by atoms with Gasteiger partial charge < -0.3 is 9.47 Å². The lowest BCUT2D eigenvalue weighted by molar-refractivity contribution is -0.186. The number of rotatable bonds is 4. The Hall–Kier alpha value is -1.14. The molecule has 0 aromatic heterocycles. The largest absolute Gasteiger partial charge is 0.466 e. The number of nitrogens with zero attached hydrogens (tertiary/aromatic N) is 1. The maximum Gasteiger partial charge on any atom is 0.338 e. The predicted molar refractivity (Wildman–Crippen MR) is 61.4 cm³/mol. The van der Waals surface area contributed by atoms with Gasteiger partial charge in [0.05, 0.1) is 19.3 Å². The topological polar surface area (TPSA) is 65.1 Å². The number of carbonyl (C=O) groups is 2. The molecule has 0 spiro atoms. The molecule has 3 atom stereocenters. The molecule has 0 amide bonds. The average Bonchev–Trinajstić information content (AvgIpc) is 2.88. The van der Waals surface area contributed by atoms with Gasteiger partial charge in [-0.05, 0) is 26.7 Å². The molecule has 3 unspecified atom stereocenters.